The molecule has 1 amide bonds. The minimum absolute atomic E-state index is 0.0803. The molecule has 1 aliphatic carbocycles. The molecule has 1 fully saturated rings. The van der Waals surface area contributed by atoms with E-state index >= 15 is 0 Å². The van der Waals surface area contributed by atoms with E-state index in [9.17, 15) is 24.7 Å². The molecular weight excluding hydrogens is 301 g/mol. The smallest absolute Gasteiger partial charge is 0.475 e. The summed E-state index contributed by atoms with van der Waals surface area (Å²) in [6, 6.07) is 4.19. The van der Waals surface area contributed by atoms with Crippen molar-refractivity contribution < 1.29 is 29.9 Å². The van der Waals surface area contributed by atoms with Crippen molar-refractivity contribution in [2.75, 3.05) is 0 Å². The molecule has 5 N–H and O–H groups in total. The lowest BCUT2D eigenvalue weighted by Crippen LogP contribution is -2.49. The first-order valence-electron chi connectivity index (χ1n) is 7.60. The van der Waals surface area contributed by atoms with Crippen molar-refractivity contribution >= 4 is 19.0 Å². The van der Waals surface area contributed by atoms with Gasteiger partial charge >= 0.3 is 13.1 Å². The van der Waals surface area contributed by atoms with Crippen LogP contribution in [0.5, 0.6) is 5.75 Å². The molecule has 124 valence electrons. The van der Waals surface area contributed by atoms with Crippen LogP contribution >= 0.6 is 0 Å². The predicted molar refractivity (Wildman–Crippen MR) is 82.9 cm³/mol. The average Bonchev–Trinajstić information content (AvgIpc) is 3.02. The maximum Gasteiger partial charge on any atom is 0.475 e. The third-order valence-electron chi connectivity index (χ3n) is 4.20. The van der Waals surface area contributed by atoms with E-state index in [0.29, 0.717) is 0 Å². The Labute approximate surface area is 134 Å². The Kier molecular flexibility index (Phi) is 5.62. The van der Waals surface area contributed by atoms with Gasteiger partial charge in [-0.1, -0.05) is 25.0 Å². The van der Waals surface area contributed by atoms with Gasteiger partial charge in [0.1, 0.15) is 11.3 Å². The zero-order chi connectivity index (χ0) is 17.0. The Morgan fingerprint density at radius 1 is 1.26 bits per heavy atom. The molecule has 2 rings (SSSR count). The maximum absolute atomic E-state index is 12.1. The van der Waals surface area contributed by atoms with E-state index in [2.05, 4.69) is 5.32 Å². The fourth-order valence-electron chi connectivity index (χ4n) is 2.89. The molecule has 8 heteroatoms. The van der Waals surface area contributed by atoms with Crippen LogP contribution in [0.25, 0.3) is 0 Å². The van der Waals surface area contributed by atoms with Crippen molar-refractivity contribution in [3.8, 4) is 5.75 Å². The third-order valence-corrected chi connectivity index (χ3v) is 4.20. The highest BCUT2D eigenvalue weighted by atomic mass is 16.4. The number of carbonyl (C=O) groups is 2. The summed E-state index contributed by atoms with van der Waals surface area (Å²) in [5.74, 6) is -3.09. The molecule has 1 atom stereocenters. The largest absolute Gasteiger partial charge is 0.507 e. The number of para-hydroxylation sites is 1. The van der Waals surface area contributed by atoms with Gasteiger partial charge in [0.25, 0.3) is 0 Å². The molecule has 0 unspecified atom stereocenters. The Balaban J connectivity index is 2.12. The molecule has 1 saturated carbocycles. The van der Waals surface area contributed by atoms with Crippen LogP contribution in [-0.4, -0.2) is 45.2 Å². The molecule has 23 heavy (non-hydrogen) atoms. The molecule has 0 radical (unpaired) electrons. The quantitative estimate of drug-likeness (QED) is 0.480. The number of amides is 1. The number of nitrogens with one attached hydrogen (secondary N) is 1. The molecule has 1 aliphatic rings. The summed E-state index contributed by atoms with van der Waals surface area (Å²) in [6.45, 7) is 0. The van der Waals surface area contributed by atoms with Gasteiger partial charge in [-0.05, 0) is 30.9 Å². The van der Waals surface area contributed by atoms with E-state index in [1.54, 1.807) is 0 Å². The highest BCUT2D eigenvalue weighted by Gasteiger charge is 2.31. The third kappa shape index (κ3) is 4.23. The number of aromatic hydroxyl groups is 1. The topological polar surface area (TPSA) is 127 Å². The van der Waals surface area contributed by atoms with Crippen molar-refractivity contribution in [1.82, 2.24) is 5.32 Å². The number of carbonyl (C=O) groups excluding carboxylic acids is 1. The summed E-state index contributed by atoms with van der Waals surface area (Å²) in [5, 5.41) is 40.5. The molecule has 0 bridgehead atoms. The first-order chi connectivity index (χ1) is 10.9. The molecule has 0 saturated heterocycles. The first kappa shape index (κ1) is 17.3. The van der Waals surface area contributed by atoms with E-state index in [-0.39, 0.29) is 29.4 Å². The molecule has 1 aromatic carbocycles. The monoisotopic (exact) mass is 321 g/mol. The lowest BCUT2D eigenvalue weighted by Gasteiger charge is -2.21. The summed E-state index contributed by atoms with van der Waals surface area (Å²) in [5.41, 5.74) is -0.0366. The van der Waals surface area contributed by atoms with Crippen LogP contribution < -0.4 is 5.32 Å². The van der Waals surface area contributed by atoms with Crippen molar-refractivity contribution in [3.63, 3.8) is 0 Å². The summed E-state index contributed by atoms with van der Waals surface area (Å²) < 4.78 is 0. The first-order valence-corrected chi connectivity index (χ1v) is 7.60. The van der Waals surface area contributed by atoms with Crippen LogP contribution in [0.15, 0.2) is 18.2 Å². The van der Waals surface area contributed by atoms with Gasteiger partial charge in [-0.2, -0.15) is 0 Å². The van der Waals surface area contributed by atoms with Gasteiger partial charge in [-0.3, -0.25) is 4.79 Å². The van der Waals surface area contributed by atoms with Crippen LogP contribution in [0.4, 0.5) is 0 Å². The van der Waals surface area contributed by atoms with E-state index in [0.717, 1.165) is 25.7 Å². The molecule has 0 aliphatic heterocycles. The number of aromatic carboxylic acids is 1. The van der Waals surface area contributed by atoms with Gasteiger partial charge in [0, 0.05) is 5.92 Å². The second kappa shape index (κ2) is 7.48. The number of hydrogen-bond acceptors (Lipinski definition) is 5. The van der Waals surface area contributed by atoms with E-state index in [1.807, 2.05) is 0 Å². The fourth-order valence-corrected chi connectivity index (χ4v) is 2.89. The second-order valence-corrected chi connectivity index (χ2v) is 5.83. The molecule has 0 aromatic heterocycles. The zero-order valence-corrected chi connectivity index (χ0v) is 12.6. The highest BCUT2D eigenvalue weighted by Crippen LogP contribution is 2.26. The van der Waals surface area contributed by atoms with Crippen molar-refractivity contribution in [3.05, 3.63) is 29.3 Å². The fraction of sp³-hybridized carbons (Fsp3) is 0.467. The lowest BCUT2D eigenvalue weighted by atomic mass is 9.75. The summed E-state index contributed by atoms with van der Waals surface area (Å²) in [7, 11) is -1.81. The van der Waals surface area contributed by atoms with Crippen molar-refractivity contribution in [2.45, 2.75) is 38.0 Å². The number of rotatable bonds is 6. The van der Waals surface area contributed by atoms with Gasteiger partial charge < -0.3 is 25.6 Å². The van der Waals surface area contributed by atoms with Crippen LogP contribution in [0.1, 0.15) is 41.6 Å². The molecule has 7 nitrogen and oxygen atoms in total. The number of phenols is 1. The van der Waals surface area contributed by atoms with E-state index < -0.39 is 24.8 Å². The van der Waals surface area contributed by atoms with Crippen LogP contribution in [-0.2, 0) is 11.2 Å². The van der Waals surface area contributed by atoms with Crippen molar-refractivity contribution in [2.24, 2.45) is 5.92 Å². The Hall–Kier alpha value is -2.06. The Morgan fingerprint density at radius 2 is 1.91 bits per heavy atom. The maximum atomic E-state index is 12.1. The van der Waals surface area contributed by atoms with Gasteiger partial charge in [-0.25, -0.2) is 4.79 Å². The normalized spacial score (nSPS) is 16.1. The van der Waals surface area contributed by atoms with Crippen LogP contribution in [0.3, 0.4) is 0 Å². The molecule has 0 spiro atoms. The van der Waals surface area contributed by atoms with Crippen LogP contribution in [0, 0.1) is 5.92 Å². The lowest BCUT2D eigenvalue weighted by molar-refractivity contribution is -0.125. The highest BCUT2D eigenvalue weighted by molar-refractivity contribution is 6.43. The van der Waals surface area contributed by atoms with Crippen LogP contribution in [0.2, 0.25) is 0 Å². The van der Waals surface area contributed by atoms with E-state index in [4.69, 9.17) is 5.11 Å². The molecule has 0 heterocycles. The second-order valence-electron chi connectivity index (χ2n) is 5.83. The van der Waals surface area contributed by atoms with Gasteiger partial charge in [0.05, 0.1) is 5.94 Å². The number of carboxylic acids is 1. The van der Waals surface area contributed by atoms with Gasteiger partial charge in [-0.15, -0.1) is 0 Å². The minimum Gasteiger partial charge on any atom is -0.507 e. The average molecular weight is 321 g/mol. The Bertz CT molecular complexity index is 585. The summed E-state index contributed by atoms with van der Waals surface area (Å²) >= 11 is 0. The molecule has 1 aromatic rings. The van der Waals surface area contributed by atoms with Crippen molar-refractivity contribution in [1.29, 1.82) is 0 Å². The standard InChI is InChI=1S/C15H20BNO6/c18-13-10(6-3-7-11(13)15(20)21)8-12(16(22)23)17-14(19)9-4-1-2-5-9/h3,6-7,9,12,18,22-23H,1-2,4-5,8H2,(H,17,19)(H,20,21)/t12-/m0/s1. The predicted octanol–water partition coefficient (Wildman–Crippen LogP) is 0.320. The van der Waals surface area contributed by atoms with Gasteiger partial charge in [0.15, 0.2) is 0 Å². The SMILES string of the molecule is O=C(O)c1cccc(C[C@H](NC(=O)C2CCCC2)B(O)O)c1O. The summed E-state index contributed by atoms with van der Waals surface area (Å²) in [6.07, 6.45) is 3.43. The number of hydrogen-bond donors (Lipinski definition) is 5. The summed E-state index contributed by atoms with van der Waals surface area (Å²) in [4.78, 5) is 23.1. The zero-order valence-electron chi connectivity index (χ0n) is 12.6. The number of carboxylic acid groups (broad SMARTS) is 1. The van der Waals surface area contributed by atoms with E-state index in [1.165, 1.54) is 18.2 Å². The van der Waals surface area contributed by atoms with Gasteiger partial charge in [0.2, 0.25) is 5.91 Å². The Morgan fingerprint density at radius 3 is 2.48 bits per heavy atom. The number of benzene rings is 1. The molecular formula is C15H20BNO6. The minimum atomic E-state index is -1.81.